The Bertz CT molecular complexity index is 645. The van der Waals surface area contributed by atoms with E-state index in [1.54, 1.807) is 12.1 Å². The number of hydrogen-bond donors (Lipinski definition) is 0. The Kier molecular flexibility index (Phi) is 4.71. The van der Waals surface area contributed by atoms with Crippen molar-refractivity contribution in [1.82, 2.24) is 9.80 Å². The molecule has 0 aliphatic carbocycles. The Morgan fingerprint density at radius 1 is 1.04 bits per heavy atom. The molecule has 2 aliphatic heterocycles. The second-order valence-electron chi connectivity index (χ2n) is 6.04. The smallest absolute Gasteiger partial charge is 0.277 e. The van der Waals surface area contributed by atoms with Crippen molar-refractivity contribution in [3.8, 4) is 0 Å². The van der Waals surface area contributed by atoms with E-state index < -0.39 is 0 Å². The second-order valence-corrected chi connectivity index (χ2v) is 6.48. The van der Waals surface area contributed by atoms with E-state index in [4.69, 9.17) is 11.6 Å². The number of rotatable bonds is 5. The molecule has 1 fully saturated rings. The molecule has 1 aromatic rings. The standard InChI is InChI=1S/C18H21ClN2O2/c1-2-3-12-21-17(22)15(13-6-8-14(19)9-7-13)16(18(21)23)20-10-4-5-11-20/h6-9H,2-5,10-12H2,1H3. The first kappa shape index (κ1) is 16.1. The molecule has 2 aliphatic rings. The Labute approximate surface area is 141 Å². The van der Waals surface area contributed by atoms with Crippen molar-refractivity contribution in [1.29, 1.82) is 0 Å². The Morgan fingerprint density at radius 2 is 1.70 bits per heavy atom. The first-order valence-corrected chi connectivity index (χ1v) is 8.62. The maximum absolute atomic E-state index is 12.9. The largest absolute Gasteiger partial charge is 0.366 e. The van der Waals surface area contributed by atoms with E-state index in [1.165, 1.54) is 4.90 Å². The van der Waals surface area contributed by atoms with Crippen LogP contribution in [0.25, 0.3) is 5.57 Å². The van der Waals surface area contributed by atoms with Crippen LogP contribution in [0, 0.1) is 0 Å². The third kappa shape index (κ3) is 3.00. The summed E-state index contributed by atoms with van der Waals surface area (Å²) >= 11 is 5.96. The van der Waals surface area contributed by atoms with Gasteiger partial charge < -0.3 is 4.90 Å². The number of carbonyl (C=O) groups is 2. The molecular weight excluding hydrogens is 312 g/mol. The van der Waals surface area contributed by atoms with E-state index in [-0.39, 0.29) is 11.8 Å². The number of carbonyl (C=O) groups excluding carboxylic acids is 2. The van der Waals surface area contributed by atoms with Crippen molar-refractivity contribution in [2.45, 2.75) is 32.6 Å². The quantitative estimate of drug-likeness (QED) is 0.777. The lowest BCUT2D eigenvalue weighted by molar-refractivity contribution is -0.137. The topological polar surface area (TPSA) is 40.6 Å². The normalized spacial score (nSPS) is 18.5. The predicted octanol–water partition coefficient (Wildman–Crippen LogP) is 3.32. The minimum Gasteiger partial charge on any atom is -0.366 e. The van der Waals surface area contributed by atoms with Crippen molar-refractivity contribution in [2.75, 3.05) is 19.6 Å². The van der Waals surface area contributed by atoms with Crippen LogP contribution in [0.3, 0.4) is 0 Å². The van der Waals surface area contributed by atoms with Crippen molar-refractivity contribution in [2.24, 2.45) is 0 Å². The fourth-order valence-corrected chi connectivity index (χ4v) is 3.32. The molecule has 1 saturated heterocycles. The molecule has 0 aromatic heterocycles. The lowest BCUT2D eigenvalue weighted by atomic mass is 10.0. The second kappa shape index (κ2) is 6.75. The molecule has 23 heavy (non-hydrogen) atoms. The van der Waals surface area contributed by atoms with Gasteiger partial charge in [0.1, 0.15) is 5.70 Å². The van der Waals surface area contributed by atoms with Gasteiger partial charge in [0.2, 0.25) is 0 Å². The summed E-state index contributed by atoms with van der Waals surface area (Å²) in [6.07, 6.45) is 3.91. The minimum atomic E-state index is -0.173. The molecular formula is C18H21ClN2O2. The highest BCUT2D eigenvalue weighted by molar-refractivity contribution is 6.36. The average molecular weight is 333 g/mol. The molecule has 2 heterocycles. The summed E-state index contributed by atoms with van der Waals surface area (Å²) in [6.45, 7) is 4.22. The van der Waals surface area contributed by atoms with Crippen molar-refractivity contribution >= 4 is 29.0 Å². The number of nitrogens with zero attached hydrogens (tertiary/aromatic N) is 2. The van der Waals surface area contributed by atoms with Gasteiger partial charge in [0, 0.05) is 24.7 Å². The monoisotopic (exact) mass is 332 g/mol. The summed E-state index contributed by atoms with van der Waals surface area (Å²) in [5, 5.41) is 0.622. The van der Waals surface area contributed by atoms with Crippen LogP contribution < -0.4 is 0 Å². The van der Waals surface area contributed by atoms with Gasteiger partial charge in [-0.15, -0.1) is 0 Å². The first-order valence-electron chi connectivity index (χ1n) is 8.25. The zero-order valence-electron chi connectivity index (χ0n) is 13.3. The van der Waals surface area contributed by atoms with E-state index >= 15 is 0 Å². The molecule has 0 bridgehead atoms. The predicted molar refractivity (Wildman–Crippen MR) is 90.8 cm³/mol. The number of unbranched alkanes of at least 4 members (excludes halogenated alkanes) is 1. The molecule has 1 aromatic carbocycles. The zero-order chi connectivity index (χ0) is 16.4. The number of hydrogen-bond acceptors (Lipinski definition) is 3. The van der Waals surface area contributed by atoms with Crippen LogP contribution in [-0.4, -0.2) is 41.2 Å². The third-order valence-corrected chi connectivity index (χ3v) is 4.69. The van der Waals surface area contributed by atoms with Crippen molar-refractivity contribution in [3.63, 3.8) is 0 Å². The summed E-state index contributed by atoms with van der Waals surface area (Å²) < 4.78 is 0. The van der Waals surface area contributed by atoms with Crippen LogP contribution in [0.1, 0.15) is 38.2 Å². The van der Waals surface area contributed by atoms with Crippen LogP contribution in [0.4, 0.5) is 0 Å². The van der Waals surface area contributed by atoms with Crippen molar-refractivity contribution in [3.05, 3.63) is 40.5 Å². The molecule has 0 spiro atoms. The van der Waals surface area contributed by atoms with E-state index in [9.17, 15) is 9.59 Å². The highest BCUT2D eigenvalue weighted by Gasteiger charge is 2.41. The van der Waals surface area contributed by atoms with E-state index in [0.717, 1.165) is 44.3 Å². The molecule has 0 N–H and O–H groups in total. The number of amides is 2. The fraction of sp³-hybridized carbons (Fsp3) is 0.444. The van der Waals surface area contributed by atoms with Gasteiger partial charge in [-0.05, 0) is 37.0 Å². The molecule has 122 valence electrons. The Hall–Kier alpha value is -1.81. The van der Waals surface area contributed by atoms with Gasteiger partial charge in [-0.1, -0.05) is 37.1 Å². The molecule has 0 radical (unpaired) electrons. The van der Waals surface area contributed by atoms with Gasteiger partial charge in [-0.3, -0.25) is 14.5 Å². The molecule has 2 amide bonds. The Morgan fingerprint density at radius 3 is 2.30 bits per heavy atom. The van der Waals surface area contributed by atoms with Crippen LogP contribution in [0.2, 0.25) is 5.02 Å². The van der Waals surface area contributed by atoms with Crippen molar-refractivity contribution < 1.29 is 9.59 Å². The summed E-state index contributed by atoms with van der Waals surface area (Å²) in [7, 11) is 0. The molecule has 3 rings (SSSR count). The van der Waals surface area contributed by atoms with Gasteiger partial charge in [0.05, 0.1) is 5.57 Å². The number of likely N-dealkylation sites (tertiary alicyclic amines) is 1. The maximum atomic E-state index is 12.9. The number of imide groups is 1. The van der Waals surface area contributed by atoms with E-state index in [0.29, 0.717) is 22.8 Å². The third-order valence-electron chi connectivity index (χ3n) is 4.43. The van der Waals surface area contributed by atoms with Gasteiger partial charge in [-0.25, -0.2) is 0 Å². The summed E-state index contributed by atoms with van der Waals surface area (Å²) in [5.74, 6) is -0.317. The summed E-state index contributed by atoms with van der Waals surface area (Å²) in [6, 6.07) is 7.17. The first-order chi connectivity index (χ1) is 11.1. The molecule has 0 unspecified atom stereocenters. The molecule has 0 saturated carbocycles. The molecule has 5 heteroatoms. The van der Waals surface area contributed by atoms with Crippen LogP contribution in [0.15, 0.2) is 30.0 Å². The molecule has 4 nitrogen and oxygen atoms in total. The highest BCUT2D eigenvalue weighted by atomic mass is 35.5. The number of benzene rings is 1. The lowest BCUT2D eigenvalue weighted by Gasteiger charge is -2.20. The van der Waals surface area contributed by atoms with Gasteiger partial charge >= 0.3 is 0 Å². The average Bonchev–Trinajstić information content (AvgIpc) is 3.14. The zero-order valence-corrected chi connectivity index (χ0v) is 14.1. The number of halogens is 1. The van der Waals surface area contributed by atoms with Gasteiger partial charge in [0.15, 0.2) is 0 Å². The van der Waals surface area contributed by atoms with Crippen LogP contribution in [-0.2, 0) is 9.59 Å². The van der Waals surface area contributed by atoms with Crippen LogP contribution in [0.5, 0.6) is 0 Å². The van der Waals surface area contributed by atoms with E-state index in [2.05, 4.69) is 11.8 Å². The maximum Gasteiger partial charge on any atom is 0.277 e. The SMILES string of the molecule is CCCCN1C(=O)C(c2ccc(Cl)cc2)=C(N2CCCC2)C1=O. The minimum absolute atomic E-state index is 0.143. The summed E-state index contributed by atoms with van der Waals surface area (Å²) in [4.78, 5) is 29.2. The van der Waals surface area contributed by atoms with Gasteiger partial charge in [-0.2, -0.15) is 0 Å². The summed E-state index contributed by atoms with van der Waals surface area (Å²) in [5.41, 5.74) is 1.88. The van der Waals surface area contributed by atoms with E-state index in [1.807, 2.05) is 12.1 Å². The fourth-order valence-electron chi connectivity index (χ4n) is 3.19. The van der Waals surface area contributed by atoms with Gasteiger partial charge in [0.25, 0.3) is 11.8 Å². The Balaban J connectivity index is 2.02. The lowest BCUT2D eigenvalue weighted by Crippen LogP contribution is -2.35. The van der Waals surface area contributed by atoms with Crippen LogP contribution >= 0.6 is 11.6 Å². The molecule has 0 atom stereocenters. The highest BCUT2D eigenvalue weighted by Crippen LogP contribution is 2.33.